The Labute approximate surface area is 142 Å². The molecule has 0 unspecified atom stereocenters. The van der Waals surface area contributed by atoms with Crippen LogP contribution in [0.1, 0.15) is 32.3 Å². The lowest BCUT2D eigenvalue weighted by Gasteiger charge is -2.36. The van der Waals surface area contributed by atoms with Crippen LogP contribution in [0.5, 0.6) is 0 Å². The standard InChI is InChI=1S/C18H23N3OS/c1-13(2)22-16-8-15(9-16)20-17-10-19-11-18(21-17)23-12-14-6-4-3-5-7-14/h3-7,10-11,13,15-16H,8-9,12H2,1-2H3,(H,20,21). The van der Waals surface area contributed by atoms with E-state index in [0.717, 1.165) is 29.4 Å². The van der Waals surface area contributed by atoms with Gasteiger partial charge in [0.25, 0.3) is 0 Å². The average Bonchev–Trinajstić information content (AvgIpc) is 2.52. The summed E-state index contributed by atoms with van der Waals surface area (Å²) in [5.41, 5.74) is 1.30. The highest BCUT2D eigenvalue weighted by Crippen LogP contribution is 2.28. The molecular weight excluding hydrogens is 306 g/mol. The third-order valence-electron chi connectivity index (χ3n) is 3.75. The summed E-state index contributed by atoms with van der Waals surface area (Å²) in [5.74, 6) is 1.77. The number of rotatable bonds is 7. The van der Waals surface area contributed by atoms with Crippen molar-refractivity contribution in [3.63, 3.8) is 0 Å². The number of thioether (sulfide) groups is 1. The lowest BCUT2D eigenvalue weighted by atomic mass is 9.89. The van der Waals surface area contributed by atoms with Crippen molar-refractivity contribution in [3.8, 4) is 0 Å². The Bertz CT molecular complexity index is 615. The molecule has 4 nitrogen and oxygen atoms in total. The van der Waals surface area contributed by atoms with Crippen molar-refractivity contribution in [3.05, 3.63) is 48.3 Å². The van der Waals surface area contributed by atoms with E-state index in [0.29, 0.717) is 18.2 Å². The molecule has 3 rings (SSSR count). The van der Waals surface area contributed by atoms with Gasteiger partial charge >= 0.3 is 0 Å². The van der Waals surface area contributed by atoms with Gasteiger partial charge in [0, 0.05) is 11.8 Å². The number of nitrogens with one attached hydrogen (secondary N) is 1. The summed E-state index contributed by atoms with van der Waals surface area (Å²) >= 11 is 1.71. The Balaban J connectivity index is 1.48. The highest BCUT2D eigenvalue weighted by Gasteiger charge is 2.30. The molecule has 1 aromatic carbocycles. The fourth-order valence-corrected chi connectivity index (χ4v) is 3.41. The molecule has 0 spiro atoms. The summed E-state index contributed by atoms with van der Waals surface area (Å²) in [6.45, 7) is 4.17. The first-order valence-electron chi connectivity index (χ1n) is 8.10. The van der Waals surface area contributed by atoms with Gasteiger partial charge in [-0.1, -0.05) is 30.3 Å². The van der Waals surface area contributed by atoms with Crippen LogP contribution < -0.4 is 5.32 Å². The smallest absolute Gasteiger partial charge is 0.146 e. The highest BCUT2D eigenvalue weighted by molar-refractivity contribution is 7.98. The molecule has 1 saturated carbocycles. The van der Waals surface area contributed by atoms with Crippen LogP contribution in [-0.2, 0) is 10.5 Å². The first-order valence-corrected chi connectivity index (χ1v) is 9.08. The van der Waals surface area contributed by atoms with E-state index in [1.54, 1.807) is 18.0 Å². The number of anilines is 1. The zero-order chi connectivity index (χ0) is 16.1. The molecule has 0 amide bonds. The quantitative estimate of drug-likeness (QED) is 0.774. The normalized spacial score (nSPS) is 20.3. The Morgan fingerprint density at radius 3 is 2.74 bits per heavy atom. The second kappa shape index (κ2) is 7.79. The highest BCUT2D eigenvalue weighted by atomic mass is 32.2. The van der Waals surface area contributed by atoms with Crippen molar-refractivity contribution >= 4 is 17.6 Å². The molecule has 0 radical (unpaired) electrons. The van der Waals surface area contributed by atoms with Crippen molar-refractivity contribution in [1.82, 2.24) is 9.97 Å². The number of nitrogens with zero attached hydrogens (tertiary/aromatic N) is 2. The second-order valence-electron chi connectivity index (χ2n) is 6.14. The molecule has 5 heteroatoms. The van der Waals surface area contributed by atoms with Crippen LogP contribution >= 0.6 is 11.8 Å². The molecule has 2 aromatic rings. The molecule has 1 fully saturated rings. The molecule has 122 valence electrons. The summed E-state index contributed by atoms with van der Waals surface area (Å²) in [5, 5.41) is 4.41. The Hall–Kier alpha value is -1.59. The summed E-state index contributed by atoms with van der Waals surface area (Å²) in [4.78, 5) is 8.94. The van der Waals surface area contributed by atoms with Crippen LogP contribution in [0.15, 0.2) is 47.8 Å². The average molecular weight is 329 g/mol. The minimum atomic E-state index is 0.304. The van der Waals surface area contributed by atoms with Crippen molar-refractivity contribution in [1.29, 1.82) is 0 Å². The number of hydrogen-bond acceptors (Lipinski definition) is 5. The van der Waals surface area contributed by atoms with Gasteiger partial charge in [-0.25, -0.2) is 4.98 Å². The Morgan fingerprint density at radius 1 is 1.22 bits per heavy atom. The SMILES string of the molecule is CC(C)OC1CC(Nc2cncc(SCc3ccccc3)n2)C1. The largest absolute Gasteiger partial charge is 0.375 e. The fraction of sp³-hybridized carbons (Fsp3) is 0.444. The second-order valence-corrected chi connectivity index (χ2v) is 7.13. The molecule has 0 bridgehead atoms. The van der Waals surface area contributed by atoms with E-state index in [1.807, 2.05) is 12.3 Å². The molecule has 1 aliphatic rings. The monoisotopic (exact) mass is 329 g/mol. The van der Waals surface area contributed by atoms with E-state index in [2.05, 4.69) is 53.4 Å². The van der Waals surface area contributed by atoms with Gasteiger partial charge in [0.15, 0.2) is 0 Å². The number of ether oxygens (including phenoxy) is 1. The number of aromatic nitrogens is 2. The maximum Gasteiger partial charge on any atom is 0.146 e. The number of hydrogen-bond donors (Lipinski definition) is 1. The lowest BCUT2D eigenvalue weighted by Crippen LogP contribution is -2.42. The topological polar surface area (TPSA) is 47.0 Å². The predicted molar refractivity (Wildman–Crippen MR) is 94.7 cm³/mol. The Morgan fingerprint density at radius 2 is 2.00 bits per heavy atom. The van der Waals surface area contributed by atoms with Crippen LogP contribution in [0.3, 0.4) is 0 Å². The Kier molecular flexibility index (Phi) is 5.51. The summed E-state index contributed by atoms with van der Waals surface area (Å²) in [6.07, 6.45) is 6.39. The molecule has 0 aliphatic heterocycles. The minimum absolute atomic E-state index is 0.304. The predicted octanol–water partition coefficient (Wildman–Crippen LogP) is 4.14. The third kappa shape index (κ3) is 4.94. The molecule has 1 N–H and O–H groups in total. The van der Waals surface area contributed by atoms with Gasteiger partial charge in [0.05, 0.1) is 24.6 Å². The van der Waals surface area contributed by atoms with Crippen LogP contribution in [0.25, 0.3) is 0 Å². The maximum absolute atomic E-state index is 5.79. The van der Waals surface area contributed by atoms with E-state index in [4.69, 9.17) is 4.74 Å². The van der Waals surface area contributed by atoms with Crippen molar-refractivity contribution < 1.29 is 4.74 Å². The third-order valence-corrected chi connectivity index (χ3v) is 4.72. The van der Waals surface area contributed by atoms with Crippen molar-refractivity contribution in [2.45, 2.75) is 55.7 Å². The zero-order valence-electron chi connectivity index (χ0n) is 13.6. The van der Waals surface area contributed by atoms with E-state index < -0.39 is 0 Å². The van der Waals surface area contributed by atoms with Crippen LogP contribution in [0.4, 0.5) is 5.82 Å². The first kappa shape index (κ1) is 16.3. The molecule has 23 heavy (non-hydrogen) atoms. The van der Waals surface area contributed by atoms with Gasteiger partial charge in [0.2, 0.25) is 0 Å². The number of benzene rings is 1. The van der Waals surface area contributed by atoms with Gasteiger partial charge in [-0.2, -0.15) is 0 Å². The van der Waals surface area contributed by atoms with E-state index in [-0.39, 0.29) is 0 Å². The van der Waals surface area contributed by atoms with Crippen LogP contribution in [0.2, 0.25) is 0 Å². The van der Waals surface area contributed by atoms with Gasteiger partial charge in [-0.3, -0.25) is 4.98 Å². The van der Waals surface area contributed by atoms with Crippen LogP contribution in [-0.4, -0.2) is 28.2 Å². The molecule has 1 aromatic heterocycles. The summed E-state index contributed by atoms with van der Waals surface area (Å²) < 4.78 is 5.79. The molecule has 1 aliphatic carbocycles. The zero-order valence-corrected chi connectivity index (χ0v) is 14.4. The van der Waals surface area contributed by atoms with Crippen molar-refractivity contribution in [2.75, 3.05) is 5.32 Å². The molecular formula is C18H23N3OS. The summed E-state index contributed by atoms with van der Waals surface area (Å²) in [7, 11) is 0. The van der Waals surface area contributed by atoms with Crippen molar-refractivity contribution in [2.24, 2.45) is 0 Å². The lowest BCUT2D eigenvalue weighted by molar-refractivity contribution is -0.0400. The van der Waals surface area contributed by atoms with Gasteiger partial charge in [-0.15, -0.1) is 11.8 Å². The van der Waals surface area contributed by atoms with E-state index >= 15 is 0 Å². The molecule has 1 heterocycles. The first-order chi connectivity index (χ1) is 11.2. The molecule has 0 atom stereocenters. The van der Waals surface area contributed by atoms with Gasteiger partial charge in [0.1, 0.15) is 10.8 Å². The molecule has 0 saturated heterocycles. The van der Waals surface area contributed by atoms with Gasteiger partial charge < -0.3 is 10.1 Å². The summed E-state index contributed by atoms with van der Waals surface area (Å²) in [6, 6.07) is 10.9. The maximum atomic E-state index is 5.79. The fourth-order valence-electron chi connectivity index (χ4n) is 2.61. The van der Waals surface area contributed by atoms with E-state index in [9.17, 15) is 0 Å². The van der Waals surface area contributed by atoms with E-state index in [1.165, 1.54) is 5.56 Å². The van der Waals surface area contributed by atoms with Gasteiger partial charge in [-0.05, 0) is 32.3 Å². The minimum Gasteiger partial charge on any atom is -0.375 e. The van der Waals surface area contributed by atoms with Crippen LogP contribution in [0, 0.1) is 0 Å².